The normalized spacial score (nSPS) is 26.0. The van der Waals surface area contributed by atoms with Crippen molar-refractivity contribution in [1.82, 2.24) is 5.32 Å². The van der Waals surface area contributed by atoms with Gasteiger partial charge in [-0.1, -0.05) is 6.92 Å². The van der Waals surface area contributed by atoms with Gasteiger partial charge in [0.2, 0.25) is 12.2 Å². The van der Waals surface area contributed by atoms with Crippen molar-refractivity contribution in [2.24, 2.45) is 0 Å². The lowest BCUT2D eigenvalue weighted by atomic mass is 9.96. The van der Waals surface area contributed by atoms with Crippen LogP contribution in [0.4, 0.5) is 0 Å². The van der Waals surface area contributed by atoms with E-state index in [1.54, 1.807) is 6.92 Å². The van der Waals surface area contributed by atoms with Crippen LogP contribution in [0.5, 0.6) is 0 Å². The summed E-state index contributed by atoms with van der Waals surface area (Å²) in [5, 5.41) is 2.51. The molecule has 0 saturated carbocycles. The van der Waals surface area contributed by atoms with Crippen LogP contribution in [0.15, 0.2) is 0 Å². The molecule has 29 heavy (non-hydrogen) atoms. The molecule has 1 aliphatic rings. The van der Waals surface area contributed by atoms with E-state index in [2.05, 4.69) is 5.32 Å². The molecule has 11 nitrogen and oxygen atoms in total. The van der Waals surface area contributed by atoms with Crippen molar-refractivity contribution in [2.45, 2.75) is 78.1 Å². The molecule has 11 heteroatoms. The number of rotatable bonds is 8. The van der Waals surface area contributed by atoms with Gasteiger partial charge in [-0.15, -0.1) is 0 Å². The average molecular weight is 417 g/mol. The summed E-state index contributed by atoms with van der Waals surface area (Å²) in [6.45, 7) is 6.06. The zero-order valence-corrected chi connectivity index (χ0v) is 17.1. The molecule has 0 radical (unpaired) electrons. The number of carbonyl (C=O) groups excluding carboxylic acids is 5. The number of esters is 4. The van der Waals surface area contributed by atoms with Gasteiger partial charge in [-0.25, -0.2) is 0 Å². The first-order chi connectivity index (χ1) is 13.5. The van der Waals surface area contributed by atoms with Crippen LogP contribution in [0.2, 0.25) is 0 Å². The second-order valence-corrected chi connectivity index (χ2v) is 6.46. The van der Waals surface area contributed by atoms with E-state index in [1.165, 1.54) is 13.8 Å². The molecule has 1 rings (SSSR count). The van der Waals surface area contributed by atoms with Crippen LogP contribution >= 0.6 is 0 Å². The largest absolute Gasteiger partial charge is 0.463 e. The van der Waals surface area contributed by atoms with Gasteiger partial charge in [-0.05, 0) is 6.42 Å². The third kappa shape index (κ3) is 8.06. The maximum absolute atomic E-state index is 12.0. The minimum absolute atomic E-state index is 0.0901. The highest BCUT2D eigenvalue weighted by Gasteiger charge is 2.52. The molecule has 5 atom stereocenters. The van der Waals surface area contributed by atoms with Crippen molar-refractivity contribution in [2.75, 3.05) is 6.61 Å². The highest BCUT2D eigenvalue weighted by Crippen LogP contribution is 2.28. The lowest BCUT2D eigenvalue weighted by molar-refractivity contribution is -0.271. The van der Waals surface area contributed by atoms with Crippen LogP contribution in [-0.4, -0.2) is 67.0 Å². The predicted octanol–water partition coefficient (Wildman–Crippen LogP) is -0.0142. The van der Waals surface area contributed by atoms with Crippen molar-refractivity contribution in [3.05, 3.63) is 0 Å². The van der Waals surface area contributed by atoms with Gasteiger partial charge in [-0.3, -0.25) is 24.0 Å². The third-order valence-corrected chi connectivity index (χ3v) is 3.77. The second-order valence-electron chi connectivity index (χ2n) is 6.46. The van der Waals surface area contributed by atoms with E-state index >= 15 is 0 Å². The Hall–Kier alpha value is -2.69. The minimum Gasteiger partial charge on any atom is -0.463 e. The first-order valence-electron chi connectivity index (χ1n) is 9.15. The lowest BCUT2D eigenvalue weighted by Crippen LogP contribution is -2.66. The van der Waals surface area contributed by atoms with Crippen molar-refractivity contribution >= 4 is 29.8 Å². The fourth-order valence-corrected chi connectivity index (χ4v) is 2.78. The summed E-state index contributed by atoms with van der Waals surface area (Å²) < 4.78 is 26.5. The Morgan fingerprint density at radius 3 is 1.93 bits per heavy atom. The molecule has 1 saturated heterocycles. The summed E-state index contributed by atoms with van der Waals surface area (Å²) in [4.78, 5) is 58.2. The van der Waals surface area contributed by atoms with Gasteiger partial charge in [-0.2, -0.15) is 0 Å². The van der Waals surface area contributed by atoms with E-state index in [0.29, 0.717) is 6.42 Å². The number of carbonyl (C=O) groups is 5. The van der Waals surface area contributed by atoms with Crippen LogP contribution < -0.4 is 5.32 Å². The molecule has 0 bridgehead atoms. The predicted molar refractivity (Wildman–Crippen MR) is 95.0 cm³/mol. The summed E-state index contributed by atoms with van der Waals surface area (Å²) >= 11 is 0. The first kappa shape index (κ1) is 24.3. The molecule has 1 amide bonds. The maximum Gasteiger partial charge on any atom is 0.308 e. The van der Waals surface area contributed by atoms with Gasteiger partial charge in [0.05, 0.1) is 0 Å². The molecular weight excluding hydrogens is 390 g/mol. The lowest BCUT2D eigenvalue weighted by Gasteiger charge is -2.44. The van der Waals surface area contributed by atoms with Crippen molar-refractivity contribution < 1.29 is 47.7 Å². The summed E-state index contributed by atoms with van der Waals surface area (Å²) in [6, 6.07) is -1.16. The molecule has 0 spiro atoms. The van der Waals surface area contributed by atoms with Crippen LogP contribution in [0, 0.1) is 0 Å². The smallest absolute Gasteiger partial charge is 0.308 e. The average Bonchev–Trinajstić information content (AvgIpc) is 2.57. The molecule has 1 fully saturated rings. The molecule has 164 valence electrons. The van der Waals surface area contributed by atoms with Gasteiger partial charge in [0.15, 0.2) is 12.2 Å². The molecule has 0 unspecified atom stereocenters. The fourth-order valence-electron chi connectivity index (χ4n) is 2.78. The van der Waals surface area contributed by atoms with Crippen molar-refractivity contribution in [3.8, 4) is 0 Å². The highest BCUT2D eigenvalue weighted by atomic mass is 16.7. The topological polar surface area (TPSA) is 144 Å². The molecular formula is C18H27NO10. The second kappa shape index (κ2) is 11.3. The monoisotopic (exact) mass is 417 g/mol. The van der Waals surface area contributed by atoms with Crippen LogP contribution in [0.3, 0.4) is 0 Å². The van der Waals surface area contributed by atoms with E-state index < -0.39 is 60.4 Å². The zero-order valence-electron chi connectivity index (χ0n) is 17.1. The Morgan fingerprint density at radius 2 is 1.45 bits per heavy atom. The summed E-state index contributed by atoms with van der Waals surface area (Å²) in [7, 11) is 0. The molecule has 1 aliphatic heterocycles. The quantitative estimate of drug-likeness (QED) is 0.423. The van der Waals surface area contributed by atoms with Crippen LogP contribution in [0.1, 0.15) is 47.5 Å². The van der Waals surface area contributed by atoms with Crippen LogP contribution in [-0.2, 0) is 47.7 Å². The van der Waals surface area contributed by atoms with Gasteiger partial charge < -0.3 is 29.0 Å². The van der Waals surface area contributed by atoms with Crippen molar-refractivity contribution in [3.63, 3.8) is 0 Å². The Labute approximate surface area is 168 Å². The number of nitrogens with one attached hydrogen (secondary N) is 1. The van der Waals surface area contributed by atoms with Gasteiger partial charge in [0.25, 0.3) is 0 Å². The first-order valence-corrected chi connectivity index (χ1v) is 9.15. The Bertz CT molecular complexity index is 634. The molecule has 0 aliphatic carbocycles. The molecule has 1 N–H and O–H groups in total. The van der Waals surface area contributed by atoms with Gasteiger partial charge in [0.1, 0.15) is 18.8 Å². The zero-order chi connectivity index (χ0) is 22.1. The van der Waals surface area contributed by atoms with Gasteiger partial charge in [0, 0.05) is 34.1 Å². The number of amides is 1. The number of hydrogen-bond donors (Lipinski definition) is 1. The van der Waals surface area contributed by atoms with E-state index in [-0.39, 0.29) is 13.0 Å². The van der Waals surface area contributed by atoms with E-state index in [1.807, 2.05) is 0 Å². The summed E-state index contributed by atoms with van der Waals surface area (Å²) in [6.07, 6.45) is -4.36. The molecule has 1 heterocycles. The molecule has 0 aromatic rings. The minimum atomic E-state index is -1.37. The Balaban J connectivity index is 3.29. The number of ether oxygens (including phenoxy) is 5. The van der Waals surface area contributed by atoms with E-state index in [9.17, 15) is 24.0 Å². The third-order valence-electron chi connectivity index (χ3n) is 3.77. The van der Waals surface area contributed by atoms with Crippen LogP contribution in [0.25, 0.3) is 0 Å². The fraction of sp³-hybridized carbons (Fsp3) is 0.722. The summed E-state index contributed by atoms with van der Waals surface area (Å²) in [5.74, 6) is -3.19. The maximum atomic E-state index is 12.0. The molecule has 0 aromatic heterocycles. The highest BCUT2D eigenvalue weighted by molar-refractivity contribution is 5.74. The van der Waals surface area contributed by atoms with Gasteiger partial charge >= 0.3 is 23.9 Å². The number of hydrogen-bond acceptors (Lipinski definition) is 10. The Morgan fingerprint density at radius 1 is 0.862 bits per heavy atom. The standard InChI is InChI=1S/C18H27NO10/c1-6-7-14(24)29-18-15(19-9(2)20)17(27-12(5)23)16(26-11(4)22)13(28-18)8-25-10(3)21/h13,15-18H,6-8H2,1-5H3,(H,19,20)/t13-,15+,16-,17-,18+/m1/s1. The SMILES string of the molecule is CCCC(=O)O[C@@H]1O[C@H](COC(C)=O)[C@@H](OC(C)=O)[C@H](OC(C)=O)[C@@H]1NC(C)=O. The van der Waals surface area contributed by atoms with Crippen molar-refractivity contribution in [1.29, 1.82) is 0 Å². The van der Waals surface area contributed by atoms with E-state index in [4.69, 9.17) is 23.7 Å². The summed E-state index contributed by atoms with van der Waals surface area (Å²) in [5.41, 5.74) is 0. The molecule has 0 aromatic carbocycles. The Kier molecular flexibility index (Phi) is 9.53. The van der Waals surface area contributed by atoms with E-state index in [0.717, 1.165) is 13.8 Å².